The summed E-state index contributed by atoms with van der Waals surface area (Å²) >= 11 is 0. The van der Waals surface area contributed by atoms with Crippen molar-refractivity contribution in [2.24, 2.45) is 5.41 Å². The van der Waals surface area contributed by atoms with Crippen LogP contribution in [0.2, 0.25) is 0 Å². The van der Waals surface area contributed by atoms with Crippen molar-refractivity contribution < 1.29 is 9.59 Å². The monoisotopic (exact) mass is 370 g/mol. The number of hydrogen-bond acceptors (Lipinski definition) is 5. The number of carbonyl (C=O) groups is 2. The third-order valence-electron chi connectivity index (χ3n) is 4.66. The summed E-state index contributed by atoms with van der Waals surface area (Å²) in [6.07, 6.45) is 3.44. The van der Waals surface area contributed by atoms with Gasteiger partial charge in [0.25, 0.3) is 5.91 Å². The lowest BCUT2D eigenvalue weighted by molar-refractivity contribution is -0.124. The highest BCUT2D eigenvalue weighted by Gasteiger charge is 2.34. The third-order valence-corrected chi connectivity index (χ3v) is 4.66. The van der Waals surface area contributed by atoms with Gasteiger partial charge >= 0.3 is 0 Å². The van der Waals surface area contributed by atoms with E-state index >= 15 is 0 Å². The fourth-order valence-corrected chi connectivity index (χ4v) is 3.22. The summed E-state index contributed by atoms with van der Waals surface area (Å²) in [5.41, 5.74) is 1.60. The second-order valence-corrected chi connectivity index (χ2v) is 7.69. The smallest absolute Gasteiger partial charge is 0.272 e. The van der Waals surface area contributed by atoms with E-state index in [4.69, 9.17) is 0 Å². The van der Waals surface area contributed by atoms with Gasteiger partial charge in [-0.1, -0.05) is 20.8 Å². The van der Waals surface area contributed by atoms with E-state index in [1.807, 2.05) is 32.9 Å². The average molecular weight is 370 g/mol. The maximum absolute atomic E-state index is 13.0. The maximum Gasteiger partial charge on any atom is 0.272 e. The number of nitrogens with zero attached hydrogens (tertiary/aromatic N) is 3. The number of rotatable bonds is 4. The first kappa shape index (κ1) is 19.0. The van der Waals surface area contributed by atoms with Crippen LogP contribution in [0.4, 0.5) is 0 Å². The van der Waals surface area contributed by atoms with Crippen LogP contribution in [0.1, 0.15) is 37.0 Å². The van der Waals surface area contributed by atoms with Gasteiger partial charge in [-0.3, -0.25) is 14.6 Å². The van der Waals surface area contributed by atoms with Crippen molar-refractivity contribution in [2.45, 2.75) is 39.9 Å². The molecule has 2 aromatic rings. The molecule has 3 N–H and O–H groups in total. The SMILES string of the molecule is CNC(=O)C(NC(=O)c1nc(-c2cccnc2)n2c1CNCC2)C(C)(C)C. The van der Waals surface area contributed by atoms with Crippen molar-refractivity contribution in [1.82, 2.24) is 30.5 Å². The Morgan fingerprint density at radius 3 is 2.74 bits per heavy atom. The molecule has 0 aliphatic carbocycles. The fraction of sp³-hybridized carbons (Fsp3) is 0.474. The molecule has 1 aliphatic rings. The largest absolute Gasteiger partial charge is 0.357 e. The zero-order chi connectivity index (χ0) is 19.6. The molecule has 1 unspecified atom stereocenters. The summed E-state index contributed by atoms with van der Waals surface area (Å²) in [5, 5.41) is 8.77. The fourth-order valence-electron chi connectivity index (χ4n) is 3.22. The molecule has 0 bridgehead atoms. The third kappa shape index (κ3) is 3.85. The molecular weight excluding hydrogens is 344 g/mol. The van der Waals surface area contributed by atoms with Crippen LogP contribution in [-0.2, 0) is 17.9 Å². The predicted octanol–water partition coefficient (Wildman–Crippen LogP) is 0.939. The molecule has 2 aromatic heterocycles. The van der Waals surface area contributed by atoms with Gasteiger partial charge in [0.2, 0.25) is 5.91 Å². The molecule has 0 aromatic carbocycles. The van der Waals surface area contributed by atoms with Gasteiger partial charge in [0, 0.05) is 44.6 Å². The molecule has 0 spiro atoms. The molecule has 0 fully saturated rings. The van der Waals surface area contributed by atoms with E-state index in [1.165, 1.54) is 0 Å². The number of carbonyl (C=O) groups excluding carboxylic acids is 2. The quantitative estimate of drug-likeness (QED) is 0.744. The topological polar surface area (TPSA) is 101 Å². The van der Waals surface area contributed by atoms with E-state index in [9.17, 15) is 9.59 Å². The molecule has 8 heteroatoms. The summed E-state index contributed by atoms with van der Waals surface area (Å²) in [4.78, 5) is 34.1. The van der Waals surface area contributed by atoms with Gasteiger partial charge in [0.05, 0.1) is 5.69 Å². The minimum atomic E-state index is -0.661. The van der Waals surface area contributed by atoms with Crippen molar-refractivity contribution in [3.63, 3.8) is 0 Å². The van der Waals surface area contributed by atoms with Crippen LogP contribution in [0.5, 0.6) is 0 Å². The molecular formula is C19H26N6O2. The summed E-state index contributed by atoms with van der Waals surface area (Å²) < 4.78 is 2.05. The van der Waals surface area contributed by atoms with Crippen LogP contribution >= 0.6 is 0 Å². The van der Waals surface area contributed by atoms with Crippen molar-refractivity contribution >= 4 is 11.8 Å². The number of likely N-dealkylation sites (N-methyl/N-ethyl adjacent to an activating group) is 1. The maximum atomic E-state index is 13.0. The van der Waals surface area contributed by atoms with E-state index in [2.05, 4.69) is 30.5 Å². The molecule has 0 saturated heterocycles. The molecule has 0 saturated carbocycles. The molecule has 1 atom stereocenters. The van der Waals surface area contributed by atoms with E-state index < -0.39 is 11.5 Å². The Labute approximate surface area is 158 Å². The molecule has 3 rings (SSSR count). The van der Waals surface area contributed by atoms with E-state index in [0.717, 1.165) is 30.2 Å². The van der Waals surface area contributed by atoms with Gasteiger partial charge in [-0.05, 0) is 17.5 Å². The zero-order valence-corrected chi connectivity index (χ0v) is 16.2. The number of aromatic nitrogens is 3. The number of pyridine rings is 1. The molecule has 8 nitrogen and oxygen atoms in total. The Morgan fingerprint density at radius 1 is 1.33 bits per heavy atom. The highest BCUT2D eigenvalue weighted by atomic mass is 16.2. The number of fused-ring (bicyclic) bond motifs is 1. The molecule has 27 heavy (non-hydrogen) atoms. The van der Waals surface area contributed by atoms with Crippen molar-refractivity contribution in [3.05, 3.63) is 35.9 Å². The van der Waals surface area contributed by atoms with Crippen molar-refractivity contribution in [1.29, 1.82) is 0 Å². The normalized spacial score (nSPS) is 15.0. The first-order chi connectivity index (χ1) is 12.8. The number of hydrogen-bond donors (Lipinski definition) is 3. The number of amides is 2. The van der Waals surface area contributed by atoms with E-state index in [1.54, 1.807) is 19.4 Å². The van der Waals surface area contributed by atoms with Gasteiger partial charge in [-0.2, -0.15) is 0 Å². The van der Waals surface area contributed by atoms with E-state index in [-0.39, 0.29) is 11.8 Å². The minimum Gasteiger partial charge on any atom is -0.357 e. The van der Waals surface area contributed by atoms with Gasteiger partial charge in [0.15, 0.2) is 5.69 Å². The first-order valence-electron chi connectivity index (χ1n) is 9.06. The molecule has 3 heterocycles. The summed E-state index contributed by atoms with van der Waals surface area (Å²) in [6.45, 7) is 7.82. The van der Waals surface area contributed by atoms with Crippen LogP contribution in [0.15, 0.2) is 24.5 Å². The highest BCUT2D eigenvalue weighted by Crippen LogP contribution is 2.25. The lowest BCUT2D eigenvalue weighted by Crippen LogP contribution is -2.53. The van der Waals surface area contributed by atoms with Gasteiger partial charge in [-0.15, -0.1) is 0 Å². The standard InChI is InChI=1S/C19H26N6O2/c1-19(2,3)15(18(27)20-4)24-17(26)14-13-11-22-8-9-25(13)16(23-14)12-6-5-7-21-10-12/h5-7,10,15,22H,8-9,11H2,1-4H3,(H,20,27)(H,24,26). The van der Waals surface area contributed by atoms with Crippen LogP contribution in [-0.4, -0.2) is 46.0 Å². The lowest BCUT2D eigenvalue weighted by Gasteiger charge is -2.29. The van der Waals surface area contributed by atoms with Gasteiger partial charge in [0.1, 0.15) is 11.9 Å². The van der Waals surface area contributed by atoms with E-state index in [0.29, 0.717) is 12.2 Å². The van der Waals surface area contributed by atoms with Crippen molar-refractivity contribution in [3.8, 4) is 11.4 Å². The van der Waals surface area contributed by atoms with Crippen LogP contribution < -0.4 is 16.0 Å². The van der Waals surface area contributed by atoms with Gasteiger partial charge < -0.3 is 20.5 Å². The summed E-state index contributed by atoms with van der Waals surface area (Å²) in [7, 11) is 1.57. The number of nitrogens with one attached hydrogen (secondary N) is 3. The second kappa shape index (κ2) is 7.48. The molecule has 1 aliphatic heterocycles. The van der Waals surface area contributed by atoms with Crippen LogP contribution in [0, 0.1) is 5.41 Å². The predicted molar refractivity (Wildman–Crippen MR) is 102 cm³/mol. The summed E-state index contributed by atoms with van der Waals surface area (Å²) in [5.74, 6) is 0.146. The lowest BCUT2D eigenvalue weighted by atomic mass is 9.86. The number of imidazole rings is 1. The Balaban J connectivity index is 1.98. The Morgan fingerprint density at radius 2 is 2.11 bits per heavy atom. The Hall–Kier alpha value is -2.74. The molecule has 0 radical (unpaired) electrons. The first-order valence-corrected chi connectivity index (χ1v) is 9.06. The van der Waals surface area contributed by atoms with Crippen LogP contribution in [0.25, 0.3) is 11.4 Å². The molecule has 144 valence electrons. The second-order valence-electron chi connectivity index (χ2n) is 7.69. The van der Waals surface area contributed by atoms with Gasteiger partial charge in [-0.25, -0.2) is 4.98 Å². The van der Waals surface area contributed by atoms with Crippen LogP contribution in [0.3, 0.4) is 0 Å². The average Bonchev–Trinajstić information content (AvgIpc) is 3.05. The minimum absolute atomic E-state index is 0.227. The van der Waals surface area contributed by atoms with Crippen molar-refractivity contribution in [2.75, 3.05) is 13.6 Å². The molecule has 2 amide bonds. The summed E-state index contributed by atoms with van der Waals surface area (Å²) in [6, 6.07) is 3.11. The highest BCUT2D eigenvalue weighted by molar-refractivity contribution is 5.97. The Kier molecular flexibility index (Phi) is 5.27. The zero-order valence-electron chi connectivity index (χ0n) is 16.2. The Bertz CT molecular complexity index is 838.